The molecular weight excluding hydrogens is 627 g/mol. The van der Waals surface area contributed by atoms with E-state index in [9.17, 15) is 4.11 Å². The molecule has 0 unspecified atom stereocenters. The molecule has 0 N–H and O–H groups in total. The summed E-state index contributed by atoms with van der Waals surface area (Å²) in [7, 11) is 0. The average Bonchev–Trinajstić information content (AvgIpc) is 3.91. The molecular formula is C46H29N3O2. The Morgan fingerprint density at radius 1 is 0.431 bits per heavy atom. The number of hydrogen-bond acceptors (Lipinski definition) is 5. The zero-order chi connectivity index (χ0) is 42.4. The van der Waals surface area contributed by atoms with E-state index in [0.29, 0.717) is 40.0 Å². The summed E-state index contributed by atoms with van der Waals surface area (Å²) in [5.41, 5.74) is 5.77. The van der Waals surface area contributed by atoms with Crippen LogP contribution in [0.1, 0.15) is 13.7 Å². The van der Waals surface area contributed by atoms with Crippen molar-refractivity contribution < 1.29 is 22.5 Å². The molecule has 0 fully saturated rings. The molecule has 0 aliphatic heterocycles. The molecule has 8 aromatic carbocycles. The number of benzene rings is 8. The molecule has 240 valence electrons. The van der Waals surface area contributed by atoms with E-state index >= 15 is 0 Å². The van der Waals surface area contributed by atoms with E-state index in [1.807, 2.05) is 102 Å². The van der Waals surface area contributed by atoms with Crippen molar-refractivity contribution in [1.29, 1.82) is 0 Å². The topological polar surface area (TPSA) is 55.3 Å². The number of oxazole rings is 2. The van der Waals surface area contributed by atoms with Gasteiger partial charge in [0, 0.05) is 28.2 Å². The highest BCUT2D eigenvalue weighted by molar-refractivity contribution is 5.94. The van der Waals surface area contributed by atoms with Gasteiger partial charge in [-0.05, 0) is 130 Å². The van der Waals surface area contributed by atoms with Crippen LogP contribution in [0.15, 0.2) is 185 Å². The van der Waals surface area contributed by atoms with Crippen LogP contribution in [0.2, 0.25) is 0 Å². The number of anilines is 3. The fourth-order valence-corrected chi connectivity index (χ4v) is 6.14. The largest absolute Gasteiger partial charge is 0.436 e. The molecule has 2 aromatic heterocycles. The Morgan fingerprint density at radius 2 is 1.00 bits per heavy atom. The lowest BCUT2D eigenvalue weighted by Crippen LogP contribution is -2.09. The number of nitrogens with zero attached hydrogens (tertiary/aromatic N) is 3. The third-order valence-corrected chi connectivity index (χ3v) is 8.67. The molecule has 51 heavy (non-hydrogen) atoms. The second kappa shape index (κ2) is 11.9. The summed E-state index contributed by atoms with van der Waals surface area (Å²) in [6.45, 7) is 0. The first-order valence-electron chi connectivity index (χ1n) is 21.2. The SMILES string of the molecule is [2H]c1c([2H])c([2H])c2c([2H])c(-c3cc([2H])c4c([2H])c(N(c5ccc(-c6nc7ccccc7o6)cc5)c5ccc(-c6nc7ccccc7o6)cc5)cc([2H])c4c3)c([2H])c([2H])c2c1[2H]. The van der Waals surface area contributed by atoms with Crippen molar-refractivity contribution in [2.24, 2.45) is 0 Å². The molecule has 0 amide bonds. The fourth-order valence-electron chi connectivity index (χ4n) is 6.14. The van der Waals surface area contributed by atoms with Gasteiger partial charge >= 0.3 is 0 Å². The van der Waals surface area contributed by atoms with Gasteiger partial charge in [-0.2, -0.15) is 0 Å². The van der Waals surface area contributed by atoms with Crippen LogP contribution < -0.4 is 4.90 Å². The molecule has 0 atom stereocenters. The number of para-hydroxylation sites is 4. The smallest absolute Gasteiger partial charge is 0.227 e. The molecule has 10 rings (SSSR count). The maximum Gasteiger partial charge on any atom is 0.227 e. The Labute approximate surface area is 307 Å². The first kappa shape index (κ1) is 20.5. The predicted octanol–water partition coefficient (Wildman–Crippen LogP) is 12.7. The van der Waals surface area contributed by atoms with Crippen molar-refractivity contribution in [3.05, 3.63) is 176 Å². The van der Waals surface area contributed by atoms with Crippen molar-refractivity contribution in [3.63, 3.8) is 0 Å². The molecule has 0 aliphatic rings. The standard InChI is InChI=1S/C46H29N3O2/c1-2-8-33-27-34(14-13-30(33)7-1)35-15-16-37-29-40(26-21-36(37)28-35)49(38-22-17-31(18-23-38)45-47-41-9-3-5-11-43(41)50-45)39-24-19-32(20-25-39)46-48-42-10-4-6-12-44(42)51-46/h1-29H/i1D,2D,7D,8D,13D,14D,16D,21D,27D,29D. The molecule has 10 aromatic rings. The maximum absolute atomic E-state index is 9.60. The van der Waals surface area contributed by atoms with Gasteiger partial charge in [0.25, 0.3) is 0 Å². The lowest BCUT2D eigenvalue weighted by molar-refractivity contribution is 0.619. The molecule has 0 aliphatic carbocycles. The first-order chi connectivity index (χ1) is 29.4. The second-order valence-corrected chi connectivity index (χ2v) is 11.9. The first-order valence-corrected chi connectivity index (χ1v) is 16.2. The van der Waals surface area contributed by atoms with Gasteiger partial charge in [0.2, 0.25) is 11.8 Å². The molecule has 0 bridgehead atoms. The van der Waals surface area contributed by atoms with Crippen molar-refractivity contribution >= 4 is 60.8 Å². The Hall–Kier alpha value is -6.98. The van der Waals surface area contributed by atoms with E-state index in [1.165, 1.54) is 18.2 Å². The quantitative estimate of drug-likeness (QED) is 0.177. The average molecular weight is 666 g/mol. The zero-order valence-corrected chi connectivity index (χ0v) is 26.6. The van der Waals surface area contributed by atoms with Gasteiger partial charge in [-0.25, -0.2) is 9.97 Å². The molecule has 5 heteroatoms. The predicted molar refractivity (Wildman–Crippen MR) is 208 cm³/mol. The molecule has 2 heterocycles. The van der Waals surface area contributed by atoms with Gasteiger partial charge in [0.1, 0.15) is 11.0 Å². The molecule has 0 spiro atoms. The van der Waals surface area contributed by atoms with E-state index < -0.39 is 42.3 Å². The van der Waals surface area contributed by atoms with Crippen LogP contribution in [0.25, 0.3) is 77.8 Å². The Balaban J connectivity index is 1.12. The summed E-state index contributed by atoms with van der Waals surface area (Å²) in [6.07, 6.45) is 0. The Morgan fingerprint density at radius 3 is 1.63 bits per heavy atom. The van der Waals surface area contributed by atoms with E-state index in [-0.39, 0.29) is 50.8 Å². The van der Waals surface area contributed by atoms with E-state index in [4.69, 9.17) is 18.4 Å². The minimum Gasteiger partial charge on any atom is -0.436 e. The molecule has 0 radical (unpaired) electrons. The summed E-state index contributed by atoms with van der Waals surface area (Å²) in [6, 6.07) is 30.4. The van der Waals surface area contributed by atoms with Crippen molar-refractivity contribution in [2.75, 3.05) is 4.90 Å². The highest BCUT2D eigenvalue weighted by atomic mass is 16.4. The van der Waals surface area contributed by atoms with Crippen LogP contribution in [0.5, 0.6) is 0 Å². The van der Waals surface area contributed by atoms with Crippen LogP contribution in [0.4, 0.5) is 17.1 Å². The van der Waals surface area contributed by atoms with Gasteiger partial charge in [-0.15, -0.1) is 0 Å². The number of aromatic nitrogens is 2. The lowest BCUT2D eigenvalue weighted by atomic mass is 9.98. The van der Waals surface area contributed by atoms with Crippen molar-refractivity contribution in [3.8, 4) is 34.0 Å². The summed E-state index contributed by atoms with van der Waals surface area (Å²) >= 11 is 0. The van der Waals surface area contributed by atoms with Crippen LogP contribution in [0, 0.1) is 0 Å². The lowest BCUT2D eigenvalue weighted by Gasteiger charge is -2.26. The highest BCUT2D eigenvalue weighted by Crippen LogP contribution is 2.39. The van der Waals surface area contributed by atoms with Crippen LogP contribution in [-0.4, -0.2) is 9.97 Å². The summed E-state index contributed by atoms with van der Waals surface area (Å²) in [5.74, 6) is 0.876. The normalized spacial score (nSPS) is 14.3. The molecule has 0 saturated carbocycles. The van der Waals surface area contributed by atoms with Crippen LogP contribution >= 0.6 is 0 Å². The number of fused-ring (bicyclic) bond motifs is 4. The van der Waals surface area contributed by atoms with E-state index in [2.05, 4.69) is 9.97 Å². The summed E-state index contributed by atoms with van der Waals surface area (Å²) in [4.78, 5) is 11.1. The second-order valence-electron chi connectivity index (χ2n) is 11.9. The number of rotatable bonds is 6. The van der Waals surface area contributed by atoms with E-state index in [0.717, 1.165) is 22.2 Å². The number of hydrogen-bond donors (Lipinski definition) is 0. The summed E-state index contributed by atoms with van der Waals surface area (Å²) < 4.78 is 100.0. The van der Waals surface area contributed by atoms with Gasteiger partial charge < -0.3 is 13.7 Å². The third-order valence-electron chi connectivity index (χ3n) is 8.67. The maximum atomic E-state index is 9.60. The molecule has 5 nitrogen and oxygen atoms in total. The minimum atomic E-state index is -0.570. The molecule has 0 saturated heterocycles. The zero-order valence-electron chi connectivity index (χ0n) is 36.6. The third kappa shape index (κ3) is 5.29. The van der Waals surface area contributed by atoms with E-state index in [1.54, 1.807) is 0 Å². The van der Waals surface area contributed by atoms with Crippen LogP contribution in [0.3, 0.4) is 0 Å². The van der Waals surface area contributed by atoms with Gasteiger partial charge in [-0.1, -0.05) is 78.7 Å². The van der Waals surface area contributed by atoms with Gasteiger partial charge in [0.15, 0.2) is 11.2 Å². The highest BCUT2D eigenvalue weighted by Gasteiger charge is 2.16. The van der Waals surface area contributed by atoms with Gasteiger partial charge in [-0.3, -0.25) is 0 Å². The fraction of sp³-hybridized carbons (Fsp3) is 0. The minimum absolute atomic E-state index is 0.0561. The van der Waals surface area contributed by atoms with Gasteiger partial charge in [0.05, 0.1) is 13.7 Å². The Bertz CT molecular complexity index is 3260. The summed E-state index contributed by atoms with van der Waals surface area (Å²) in [5, 5.41) is -0.126. The monoisotopic (exact) mass is 665 g/mol. The van der Waals surface area contributed by atoms with Crippen molar-refractivity contribution in [2.45, 2.75) is 0 Å². The Kier molecular flexibility index (Phi) is 4.77. The van der Waals surface area contributed by atoms with Crippen LogP contribution in [-0.2, 0) is 0 Å². The van der Waals surface area contributed by atoms with Crippen molar-refractivity contribution in [1.82, 2.24) is 9.97 Å².